The van der Waals surface area contributed by atoms with E-state index in [0.717, 1.165) is 0 Å². The predicted molar refractivity (Wildman–Crippen MR) is 74.7 cm³/mol. The molecule has 0 fully saturated rings. The van der Waals surface area contributed by atoms with Crippen molar-refractivity contribution in [1.29, 1.82) is 0 Å². The number of halogens is 1. The van der Waals surface area contributed by atoms with Gasteiger partial charge < -0.3 is 5.32 Å². The van der Waals surface area contributed by atoms with Crippen LogP contribution >= 0.6 is 11.6 Å². The molecule has 5 nitrogen and oxygen atoms in total. The molecule has 0 saturated heterocycles. The van der Waals surface area contributed by atoms with Crippen molar-refractivity contribution >= 4 is 23.2 Å². The van der Waals surface area contributed by atoms with Gasteiger partial charge in [-0.3, -0.25) is 14.9 Å². The summed E-state index contributed by atoms with van der Waals surface area (Å²) in [7, 11) is 0. The highest BCUT2D eigenvalue weighted by atomic mass is 35.5. The van der Waals surface area contributed by atoms with Gasteiger partial charge in [0.2, 0.25) is 0 Å². The van der Waals surface area contributed by atoms with E-state index in [2.05, 4.69) is 5.32 Å². The molecule has 104 valence electrons. The quantitative estimate of drug-likeness (QED) is 0.513. The number of alkyl halides is 1. The number of hydrogen-bond donors (Lipinski definition) is 1. The van der Waals surface area contributed by atoms with Crippen LogP contribution in [0, 0.1) is 17.0 Å². The molecule has 1 amide bonds. The standard InChI is InChI=1S/C13H17ClN2O3/c1-8-6-11(16(18)19)4-5-12(8)13(17)15-10(3)7-9(2)14/h4-6,9-10H,7H2,1-3H3,(H,15,17). The molecule has 1 rings (SSSR count). The summed E-state index contributed by atoms with van der Waals surface area (Å²) < 4.78 is 0. The smallest absolute Gasteiger partial charge is 0.269 e. The van der Waals surface area contributed by atoms with E-state index in [1.165, 1.54) is 18.2 Å². The molecule has 6 heteroatoms. The predicted octanol–water partition coefficient (Wildman–Crippen LogP) is 3.04. The maximum absolute atomic E-state index is 12.0. The van der Waals surface area contributed by atoms with Gasteiger partial charge in [-0.05, 0) is 38.8 Å². The van der Waals surface area contributed by atoms with Crippen molar-refractivity contribution in [2.45, 2.75) is 38.6 Å². The van der Waals surface area contributed by atoms with Gasteiger partial charge in [-0.25, -0.2) is 0 Å². The molecule has 0 heterocycles. The second-order valence-electron chi connectivity index (χ2n) is 4.65. The summed E-state index contributed by atoms with van der Waals surface area (Å²) in [5.41, 5.74) is 1.01. The number of rotatable bonds is 5. The zero-order chi connectivity index (χ0) is 14.6. The highest BCUT2D eigenvalue weighted by Gasteiger charge is 2.16. The van der Waals surface area contributed by atoms with Crippen molar-refractivity contribution in [3.8, 4) is 0 Å². The fourth-order valence-corrected chi connectivity index (χ4v) is 2.13. The van der Waals surface area contributed by atoms with Crippen LogP contribution in [0.15, 0.2) is 18.2 Å². The van der Waals surface area contributed by atoms with Gasteiger partial charge in [0.15, 0.2) is 0 Å². The number of benzene rings is 1. The summed E-state index contributed by atoms with van der Waals surface area (Å²) in [4.78, 5) is 22.2. The van der Waals surface area contributed by atoms with Gasteiger partial charge in [-0.15, -0.1) is 11.6 Å². The van der Waals surface area contributed by atoms with Crippen LogP contribution in [0.1, 0.15) is 36.2 Å². The molecule has 1 aromatic carbocycles. The Hall–Kier alpha value is -1.62. The van der Waals surface area contributed by atoms with Crippen molar-refractivity contribution < 1.29 is 9.72 Å². The van der Waals surface area contributed by atoms with E-state index in [0.29, 0.717) is 17.5 Å². The summed E-state index contributed by atoms with van der Waals surface area (Å²) in [6.07, 6.45) is 0.666. The average Bonchev–Trinajstić information content (AvgIpc) is 2.26. The van der Waals surface area contributed by atoms with Crippen LogP contribution in [0.2, 0.25) is 0 Å². The van der Waals surface area contributed by atoms with E-state index in [9.17, 15) is 14.9 Å². The lowest BCUT2D eigenvalue weighted by Gasteiger charge is -2.15. The lowest BCUT2D eigenvalue weighted by Crippen LogP contribution is -2.34. The molecule has 0 bridgehead atoms. The molecule has 1 aromatic rings. The Morgan fingerprint density at radius 1 is 1.47 bits per heavy atom. The number of aryl methyl sites for hydroxylation is 1. The Balaban J connectivity index is 2.80. The van der Waals surface area contributed by atoms with Gasteiger partial charge in [0.1, 0.15) is 0 Å². The van der Waals surface area contributed by atoms with Crippen molar-refractivity contribution in [3.63, 3.8) is 0 Å². The number of nitrogens with one attached hydrogen (secondary N) is 1. The van der Waals surface area contributed by atoms with Gasteiger partial charge in [-0.2, -0.15) is 0 Å². The second-order valence-corrected chi connectivity index (χ2v) is 5.39. The monoisotopic (exact) mass is 284 g/mol. The summed E-state index contributed by atoms with van der Waals surface area (Å²) >= 11 is 5.86. The summed E-state index contributed by atoms with van der Waals surface area (Å²) in [5.74, 6) is -0.239. The largest absolute Gasteiger partial charge is 0.350 e. The number of nitro benzene ring substituents is 1. The number of hydrogen-bond acceptors (Lipinski definition) is 3. The van der Waals surface area contributed by atoms with Crippen LogP contribution in [-0.2, 0) is 0 Å². The summed E-state index contributed by atoms with van der Waals surface area (Å²) in [5, 5.41) is 13.4. The third-order valence-electron chi connectivity index (χ3n) is 2.72. The Labute approximate surface area is 117 Å². The molecule has 19 heavy (non-hydrogen) atoms. The van der Waals surface area contributed by atoms with Crippen LogP contribution in [0.25, 0.3) is 0 Å². The maximum atomic E-state index is 12.0. The van der Waals surface area contributed by atoms with Crippen LogP contribution in [0.5, 0.6) is 0 Å². The molecule has 2 atom stereocenters. The zero-order valence-corrected chi connectivity index (χ0v) is 11.9. The number of nitro groups is 1. The molecular weight excluding hydrogens is 268 g/mol. The number of amides is 1. The number of nitrogens with zero attached hydrogens (tertiary/aromatic N) is 1. The molecule has 2 unspecified atom stereocenters. The Bertz CT molecular complexity index is 489. The van der Waals surface area contributed by atoms with E-state index in [1.54, 1.807) is 6.92 Å². The third kappa shape index (κ3) is 4.52. The van der Waals surface area contributed by atoms with Crippen LogP contribution in [0.3, 0.4) is 0 Å². The minimum absolute atomic E-state index is 0.0171. The minimum Gasteiger partial charge on any atom is -0.350 e. The van der Waals surface area contributed by atoms with Crippen LogP contribution in [0.4, 0.5) is 5.69 Å². The molecule has 0 saturated carbocycles. The van der Waals surface area contributed by atoms with Crippen molar-refractivity contribution in [2.75, 3.05) is 0 Å². The van der Waals surface area contributed by atoms with E-state index in [1.807, 2.05) is 13.8 Å². The number of carbonyl (C=O) groups is 1. The van der Waals surface area contributed by atoms with Crippen LogP contribution in [-0.4, -0.2) is 22.2 Å². The fraction of sp³-hybridized carbons (Fsp3) is 0.462. The highest BCUT2D eigenvalue weighted by molar-refractivity contribution is 6.20. The Kier molecular flexibility index (Phi) is 5.30. The number of carbonyl (C=O) groups excluding carboxylic acids is 1. The molecule has 0 aromatic heterocycles. The molecule has 0 aliphatic heterocycles. The van der Waals surface area contributed by atoms with Gasteiger partial charge in [0.05, 0.1) is 4.92 Å². The van der Waals surface area contributed by atoms with Crippen molar-refractivity contribution in [2.24, 2.45) is 0 Å². The molecule has 0 radical (unpaired) electrons. The van der Waals surface area contributed by atoms with E-state index in [-0.39, 0.29) is 23.0 Å². The maximum Gasteiger partial charge on any atom is 0.269 e. The topological polar surface area (TPSA) is 72.2 Å². The average molecular weight is 285 g/mol. The molecule has 0 aliphatic carbocycles. The van der Waals surface area contributed by atoms with Gasteiger partial charge in [-0.1, -0.05) is 0 Å². The second kappa shape index (κ2) is 6.52. The Morgan fingerprint density at radius 3 is 2.58 bits per heavy atom. The highest BCUT2D eigenvalue weighted by Crippen LogP contribution is 2.17. The molecule has 1 N–H and O–H groups in total. The molecule has 0 aliphatic rings. The lowest BCUT2D eigenvalue weighted by molar-refractivity contribution is -0.384. The number of non-ortho nitro benzene ring substituents is 1. The van der Waals surface area contributed by atoms with Crippen LogP contribution < -0.4 is 5.32 Å². The van der Waals surface area contributed by atoms with E-state index >= 15 is 0 Å². The fourth-order valence-electron chi connectivity index (χ4n) is 1.86. The third-order valence-corrected chi connectivity index (χ3v) is 2.90. The lowest BCUT2D eigenvalue weighted by atomic mass is 10.1. The van der Waals surface area contributed by atoms with E-state index < -0.39 is 4.92 Å². The van der Waals surface area contributed by atoms with Gasteiger partial charge >= 0.3 is 0 Å². The first-order chi connectivity index (χ1) is 8.81. The zero-order valence-electron chi connectivity index (χ0n) is 11.1. The van der Waals surface area contributed by atoms with Crippen molar-refractivity contribution in [1.82, 2.24) is 5.32 Å². The SMILES string of the molecule is Cc1cc([N+](=O)[O-])ccc1C(=O)NC(C)CC(C)Cl. The summed E-state index contributed by atoms with van der Waals surface area (Å²) in [6, 6.07) is 4.15. The van der Waals surface area contributed by atoms with Gasteiger partial charge in [0, 0.05) is 29.1 Å². The molecule has 0 spiro atoms. The minimum atomic E-state index is -0.480. The van der Waals surface area contributed by atoms with E-state index in [4.69, 9.17) is 11.6 Å². The summed E-state index contributed by atoms with van der Waals surface area (Å²) in [6.45, 7) is 5.41. The van der Waals surface area contributed by atoms with Gasteiger partial charge in [0.25, 0.3) is 11.6 Å². The first-order valence-electron chi connectivity index (χ1n) is 6.01. The molecular formula is C13H17ClN2O3. The first-order valence-corrected chi connectivity index (χ1v) is 6.45. The Morgan fingerprint density at radius 2 is 2.11 bits per heavy atom. The first kappa shape index (κ1) is 15.4. The van der Waals surface area contributed by atoms with Crippen molar-refractivity contribution in [3.05, 3.63) is 39.4 Å². The normalized spacial score (nSPS) is 13.7.